The Labute approximate surface area is 256 Å². The number of Topliss-reactive ketones (excluding diaryl/α,β-unsaturated/α-hetero) is 1. The molecular weight excluding hydrogens is 522 g/mol. The van der Waals surface area contributed by atoms with E-state index in [0.29, 0.717) is 47.3 Å². The van der Waals surface area contributed by atoms with Crippen LogP contribution in [-0.2, 0) is 14.3 Å². The van der Waals surface area contributed by atoms with E-state index in [-0.39, 0.29) is 34.6 Å². The van der Waals surface area contributed by atoms with E-state index >= 15 is 0 Å². The van der Waals surface area contributed by atoms with Gasteiger partial charge in [0.05, 0.1) is 13.2 Å². The van der Waals surface area contributed by atoms with Crippen LogP contribution >= 0.6 is 0 Å². The lowest BCUT2D eigenvalue weighted by Crippen LogP contribution is -2.66. The monoisotopic (exact) mass is 583 g/mol. The number of nitrogens with one attached hydrogen (secondary N) is 1. The van der Waals surface area contributed by atoms with Gasteiger partial charge in [0.15, 0.2) is 6.29 Å². The fourth-order valence-electron chi connectivity index (χ4n) is 12.8. The van der Waals surface area contributed by atoms with Crippen LogP contribution in [0.15, 0.2) is 12.2 Å². The number of hydrogen-bond donors (Lipinski definition) is 2. The van der Waals surface area contributed by atoms with Gasteiger partial charge in [-0.15, -0.1) is 0 Å². The van der Waals surface area contributed by atoms with Gasteiger partial charge in [-0.2, -0.15) is 0 Å². The molecule has 2 N–H and O–H groups in total. The van der Waals surface area contributed by atoms with Crippen molar-refractivity contribution in [3.05, 3.63) is 12.2 Å². The van der Waals surface area contributed by atoms with Gasteiger partial charge < -0.3 is 19.9 Å². The zero-order chi connectivity index (χ0) is 30.0. The smallest absolute Gasteiger partial charge is 0.157 e. The molecule has 5 aliphatic carbocycles. The summed E-state index contributed by atoms with van der Waals surface area (Å²) in [5.74, 6) is 3.47. The average molecular weight is 584 g/mol. The van der Waals surface area contributed by atoms with Crippen molar-refractivity contribution in [2.75, 3.05) is 32.9 Å². The molecule has 1 saturated heterocycles. The van der Waals surface area contributed by atoms with Crippen LogP contribution < -0.4 is 5.32 Å². The highest BCUT2D eigenvalue weighted by Gasteiger charge is 2.71. The average Bonchev–Trinajstić information content (AvgIpc) is 3.35. The number of rotatable bonds is 8. The number of hydrogen-bond acceptors (Lipinski definition) is 5. The Morgan fingerprint density at radius 2 is 1.76 bits per heavy atom. The van der Waals surface area contributed by atoms with E-state index in [9.17, 15) is 9.90 Å². The van der Waals surface area contributed by atoms with E-state index in [0.717, 1.165) is 45.4 Å². The Morgan fingerprint density at radius 3 is 2.50 bits per heavy atom. The molecule has 0 amide bonds. The Morgan fingerprint density at radius 1 is 0.952 bits per heavy atom. The lowest BCUT2D eigenvalue weighted by molar-refractivity contribution is -0.245. The molecule has 0 bridgehead atoms. The van der Waals surface area contributed by atoms with Gasteiger partial charge >= 0.3 is 0 Å². The van der Waals surface area contributed by atoms with E-state index in [1.807, 2.05) is 0 Å². The van der Waals surface area contributed by atoms with E-state index in [1.54, 1.807) is 0 Å². The summed E-state index contributed by atoms with van der Waals surface area (Å²) in [4.78, 5) is 13.1. The third-order valence-corrected chi connectivity index (χ3v) is 15.2. The summed E-state index contributed by atoms with van der Waals surface area (Å²) in [5.41, 5.74) is 2.18. The van der Waals surface area contributed by atoms with E-state index in [1.165, 1.54) is 63.4 Å². The van der Waals surface area contributed by atoms with Crippen LogP contribution in [0.2, 0.25) is 0 Å². The van der Waals surface area contributed by atoms with Crippen LogP contribution in [0, 0.1) is 56.7 Å². The van der Waals surface area contributed by atoms with Crippen molar-refractivity contribution in [1.29, 1.82) is 0 Å². The second kappa shape index (κ2) is 11.2. The molecule has 0 radical (unpaired) electrons. The summed E-state index contributed by atoms with van der Waals surface area (Å²) < 4.78 is 12.7. The Hall–Kier alpha value is -0.750. The highest BCUT2D eigenvalue weighted by atomic mass is 16.7. The first-order valence-electron chi connectivity index (χ1n) is 17.7. The van der Waals surface area contributed by atoms with Gasteiger partial charge in [-0.1, -0.05) is 46.8 Å². The summed E-state index contributed by atoms with van der Waals surface area (Å²) in [6, 6.07) is 0. The fraction of sp³-hybridized carbons (Fsp3) is 0.919. The minimum absolute atomic E-state index is 0.0311. The molecule has 238 valence electrons. The molecule has 5 heteroatoms. The Balaban J connectivity index is 1.31. The Kier molecular flexibility index (Phi) is 8.37. The molecule has 5 saturated carbocycles. The largest absolute Gasteiger partial charge is 0.395 e. The van der Waals surface area contributed by atoms with Crippen LogP contribution in [-0.4, -0.2) is 50.1 Å². The van der Waals surface area contributed by atoms with E-state index < -0.39 is 0 Å². The lowest BCUT2D eigenvalue weighted by atomic mass is 9.32. The summed E-state index contributed by atoms with van der Waals surface area (Å²) >= 11 is 0. The second-order valence-corrected chi connectivity index (χ2v) is 17.0. The molecule has 0 spiro atoms. The highest BCUT2D eigenvalue weighted by molar-refractivity contribution is 5.85. The molecule has 1 unspecified atom stereocenters. The minimum Gasteiger partial charge on any atom is -0.395 e. The van der Waals surface area contributed by atoms with Gasteiger partial charge in [-0.05, 0) is 128 Å². The number of ketones is 1. The van der Waals surface area contributed by atoms with Gasteiger partial charge in [-0.25, -0.2) is 0 Å². The molecule has 1 aliphatic heterocycles. The van der Waals surface area contributed by atoms with Crippen molar-refractivity contribution in [2.45, 2.75) is 124 Å². The number of carbonyl (C=O) groups excluding carboxylic acids is 1. The minimum atomic E-state index is -0.192. The Bertz CT molecular complexity index is 1030. The van der Waals surface area contributed by atoms with Gasteiger partial charge in [0, 0.05) is 31.5 Å². The van der Waals surface area contributed by atoms with Crippen molar-refractivity contribution >= 4 is 5.78 Å². The first-order chi connectivity index (χ1) is 19.9. The number of aliphatic hydroxyl groups excluding tert-OH is 1. The molecule has 5 nitrogen and oxygen atoms in total. The first-order valence-corrected chi connectivity index (χ1v) is 17.7. The molecule has 42 heavy (non-hydrogen) atoms. The molecule has 0 aromatic rings. The molecule has 0 aromatic carbocycles. The summed E-state index contributed by atoms with van der Waals surface area (Å²) in [6.45, 7) is 20.5. The zero-order valence-electron chi connectivity index (χ0n) is 27.6. The quantitative estimate of drug-likeness (QED) is 0.232. The molecule has 10 atom stereocenters. The number of carbonyl (C=O) groups is 1. The summed E-state index contributed by atoms with van der Waals surface area (Å²) in [5, 5.41) is 12.9. The van der Waals surface area contributed by atoms with Crippen LogP contribution in [0.5, 0.6) is 0 Å². The predicted octanol–water partition coefficient (Wildman–Crippen LogP) is 7.32. The topological polar surface area (TPSA) is 67.8 Å². The van der Waals surface area contributed by atoms with Gasteiger partial charge in [0.1, 0.15) is 5.78 Å². The van der Waals surface area contributed by atoms with Crippen molar-refractivity contribution < 1.29 is 19.4 Å². The molecule has 6 rings (SSSR count). The fourth-order valence-corrected chi connectivity index (χ4v) is 12.8. The van der Waals surface area contributed by atoms with E-state index in [2.05, 4.69) is 46.5 Å². The van der Waals surface area contributed by atoms with Gasteiger partial charge in [-0.3, -0.25) is 4.79 Å². The molecule has 0 aromatic heterocycles. The van der Waals surface area contributed by atoms with Crippen molar-refractivity contribution in [3.63, 3.8) is 0 Å². The standard InChI is InChI=1S/C37H61NO4/c1-25(23-38-20-21-39)26-12-17-37(24-42-31-9-7-8-22-41-31)19-18-35(5)27(32(26)37)10-11-29-34(4)15-14-30(40)33(2,3)28(34)13-16-36(29,35)6/h26-29,31-32,38-39H,1,7-24H2,2-6H3/t26-,27+,28-,29+,31?,32+,34-,35+,36+,37+/m0/s1. The van der Waals surface area contributed by atoms with Crippen LogP contribution in [0.25, 0.3) is 0 Å². The zero-order valence-corrected chi connectivity index (χ0v) is 27.6. The van der Waals surface area contributed by atoms with Crippen LogP contribution in [0.3, 0.4) is 0 Å². The number of fused-ring (bicyclic) bond motifs is 7. The predicted molar refractivity (Wildman–Crippen MR) is 168 cm³/mol. The summed E-state index contributed by atoms with van der Waals surface area (Å²) in [7, 11) is 0. The third kappa shape index (κ3) is 4.64. The van der Waals surface area contributed by atoms with Crippen molar-refractivity contribution in [3.8, 4) is 0 Å². The maximum Gasteiger partial charge on any atom is 0.157 e. The highest BCUT2D eigenvalue weighted by Crippen LogP contribution is 2.77. The lowest BCUT2D eigenvalue weighted by Gasteiger charge is -2.72. The van der Waals surface area contributed by atoms with Crippen molar-refractivity contribution in [1.82, 2.24) is 5.32 Å². The first kappa shape index (κ1) is 31.2. The number of ether oxygens (including phenoxy) is 2. The third-order valence-electron chi connectivity index (χ3n) is 15.2. The SMILES string of the molecule is C=C(CNCCO)[C@@H]1CC[C@]2(COC3CCCCO3)CC[C@]3(C)[C@H](CC[C@@H]4[C@@]5(C)CCC(=O)C(C)(C)[C@@H]5CC[C@]43C)[C@@H]12. The van der Waals surface area contributed by atoms with Crippen molar-refractivity contribution in [2.24, 2.45) is 56.7 Å². The molecule has 6 fully saturated rings. The molecule has 6 aliphatic rings. The maximum absolute atomic E-state index is 13.1. The normalized spacial score (nSPS) is 48.1. The molecule has 1 heterocycles. The molecular formula is C37H61NO4. The van der Waals surface area contributed by atoms with Gasteiger partial charge in [0.25, 0.3) is 0 Å². The number of aliphatic hydroxyl groups is 1. The summed E-state index contributed by atoms with van der Waals surface area (Å²) in [6.07, 6.45) is 15.3. The van der Waals surface area contributed by atoms with Gasteiger partial charge in [0.2, 0.25) is 0 Å². The van der Waals surface area contributed by atoms with Crippen LogP contribution in [0.1, 0.15) is 118 Å². The second-order valence-electron chi connectivity index (χ2n) is 17.0. The van der Waals surface area contributed by atoms with Crippen LogP contribution in [0.4, 0.5) is 0 Å². The maximum atomic E-state index is 13.1. The van der Waals surface area contributed by atoms with E-state index in [4.69, 9.17) is 9.47 Å².